The van der Waals surface area contributed by atoms with Crippen molar-refractivity contribution in [1.82, 2.24) is 0 Å². The predicted octanol–water partition coefficient (Wildman–Crippen LogP) is 3.73. The highest BCUT2D eigenvalue weighted by atomic mass is 16.1. The molecule has 4 nitrogen and oxygen atoms in total. The maximum Gasteiger partial charge on any atom is 0.243 e. The van der Waals surface area contributed by atoms with E-state index < -0.39 is 0 Å². The van der Waals surface area contributed by atoms with E-state index in [9.17, 15) is 4.79 Å². The Hall–Kier alpha value is -2.80. The number of nitrogens with one attached hydrogen (secondary N) is 2. The van der Waals surface area contributed by atoms with Crippen LogP contribution in [-0.4, -0.2) is 12.5 Å². The molecule has 0 spiro atoms. The Bertz CT molecular complexity index is 701. The van der Waals surface area contributed by atoms with Crippen LogP contribution in [0.2, 0.25) is 0 Å². The molecule has 0 saturated heterocycles. The molecule has 0 fully saturated rings. The predicted molar refractivity (Wildman–Crippen MR) is 88.8 cm³/mol. The first kappa shape index (κ1) is 15.6. The third kappa shape index (κ3) is 4.10. The summed E-state index contributed by atoms with van der Waals surface area (Å²) in [5.41, 5.74) is 3.30. The van der Waals surface area contributed by atoms with Crippen molar-refractivity contribution in [2.45, 2.75) is 19.8 Å². The van der Waals surface area contributed by atoms with Crippen LogP contribution in [0.1, 0.15) is 30.9 Å². The minimum Gasteiger partial charge on any atom is -0.376 e. The third-order valence-corrected chi connectivity index (χ3v) is 3.30. The molecule has 1 amide bonds. The molecule has 22 heavy (non-hydrogen) atoms. The minimum absolute atomic E-state index is 0.145. The van der Waals surface area contributed by atoms with Crippen LogP contribution in [-0.2, 0) is 4.79 Å². The topological polar surface area (TPSA) is 64.9 Å². The first-order valence-corrected chi connectivity index (χ1v) is 7.23. The number of hydrogen-bond acceptors (Lipinski definition) is 3. The summed E-state index contributed by atoms with van der Waals surface area (Å²) >= 11 is 0. The van der Waals surface area contributed by atoms with Crippen molar-refractivity contribution < 1.29 is 4.79 Å². The van der Waals surface area contributed by atoms with Gasteiger partial charge in [-0.05, 0) is 35.7 Å². The van der Waals surface area contributed by atoms with Crippen LogP contribution in [0.15, 0.2) is 48.5 Å². The van der Waals surface area contributed by atoms with Gasteiger partial charge in [0.25, 0.3) is 0 Å². The molecule has 112 valence electrons. The van der Waals surface area contributed by atoms with Gasteiger partial charge in [0, 0.05) is 11.4 Å². The number of carbonyl (C=O) groups excluding carboxylic acids is 1. The lowest BCUT2D eigenvalue weighted by molar-refractivity contribution is -0.114. The molecule has 0 atom stereocenters. The second kappa shape index (κ2) is 7.28. The standard InChI is InChI=1S/C18H19N3O/c1-13(2)16-8-3-4-9-17(16)20-12-18(22)21-15-7-5-6-14(10-15)11-19/h3-10,13,20H,12H2,1-2H3,(H,21,22). The average Bonchev–Trinajstić information content (AvgIpc) is 2.53. The van der Waals surface area contributed by atoms with Crippen molar-refractivity contribution in [3.05, 3.63) is 59.7 Å². The third-order valence-electron chi connectivity index (χ3n) is 3.30. The molecule has 0 aliphatic carbocycles. The van der Waals surface area contributed by atoms with Crippen molar-refractivity contribution in [2.75, 3.05) is 17.2 Å². The molecule has 2 N–H and O–H groups in total. The maximum absolute atomic E-state index is 12.0. The van der Waals surface area contributed by atoms with Gasteiger partial charge in [0.2, 0.25) is 5.91 Å². The molecule has 2 aromatic carbocycles. The number of anilines is 2. The molecular formula is C18H19N3O. The summed E-state index contributed by atoms with van der Waals surface area (Å²) in [6, 6.07) is 16.9. The fourth-order valence-corrected chi connectivity index (χ4v) is 2.21. The van der Waals surface area contributed by atoms with E-state index in [1.165, 1.54) is 5.56 Å². The lowest BCUT2D eigenvalue weighted by Gasteiger charge is -2.14. The van der Waals surface area contributed by atoms with Crippen LogP contribution in [0.3, 0.4) is 0 Å². The number of nitrogens with zero attached hydrogens (tertiary/aromatic N) is 1. The molecule has 0 aliphatic rings. The highest BCUT2D eigenvalue weighted by Crippen LogP contribution is 2.23. The fourth-order valence-electron chi connectivity index (χ4n) is 2.21. The van der Waals surface area contributed by atoms with Gasteiger partial charge in [0.1, 0.15) is 0 Å². The van der Waals surface area contributed by atoms with E-state index in [4.69, 9.17) is 5.26 Å². The molecule has 0 radical (unpaired) electrons. The van der Waals surface area contributed by atoms with Crippen molar-refractivity contribution in [3.63, 3.8) is 0 Å². The summed E-state index contributed by atoms with van der Waals surface area (Å²) in [6.45, 7) is 4.42. The summed E-state index contributed by atoms with van der Waals surface area (Å²) in [7, 11) is 0. The van der Waals surface area contributed by atoms with Gasteiger partial charge in [-0.1, -0.05) is 38.1 Å². The number of amides is 1. The number of benzene rings is 2. The van der Waals surface area contributed by atoms with E-state index in [0.29, 0.717) is 17.2 Å². The summed E-state index contributed by atoms with van der Waals surface area (Å²) in [5, 5.41) is 14.8. The van der Waals surface area contributed by atoms with Crippen LogP contribution in [0, 0.1) is 11.3 Å². The zero-order valence-electron chi connectivity index (χ0n) is 12.8. The summed E-state index contributed by atoms with van der Waals surface area (Å²) < 4.78 is 0. The van der Waals surface area contributed by atoms with Crippen molar-refractivity contribution in [2.24, 2.45) is 0 Å². The van der Waals surface area contributed by atoms with Crippen LogP contribution in [0.25, 0.3) is 0 Å². The number of hydrogen-bond donors (Lipinski definition) is 2. The molecule has 0 unspecified atom stereocenters. The van der Waals surface area contributed by atoms with Gasteiger partial charge >= 0.3 is 0 Å². The van der Waals surface area contributed by atoms with E-state index in [1.807, 2.05) is 18.2 Å². The van der Waals surface area contributed by atoms with E-state index in [0.717, 1.165) is 5.69 Å². The summed E-state index contributed by atoms with van der Waals surface area (Å²) in [4.78, 5) is 12.0. The number of rotatable bonds is 5. The maximum atomic E-state index is 12.0. The first-order valence-electron chi connectivity index (χ1n) is 7.23. The Balaban J connectivity index is 1.97. The van der Waals surface area contributed by atoms with Gasteiger partial charge in [0.15, 0.2) is 0 Å². The van der Waals surface area contributed by atoms with Crippen LogP contribution < -0.4 is 10.6 Å². The molecule has 4 heteroatoms. The Kier molecular flexibility index (Phi) is 5.16. The Labute approximate surface area is 130 Å². The van der Waals surface area contributed by atoms with E-state index in [2.05, 4.69) is 36.6 Å². The molecule has 0 aromatic heterocycles. The summed E-state index contributed by atoms with van der Waals surface area (Å²) in [5.74, 6) is 0.243. The van der Waals surface area contributed by atoms with Gasteiger partial charge in [-0.3, -0.25) is 4.79 Å². The molecule has 0 saturated carbocycles. The van der Waals surface area contributed by atoms with E-state index >= 15 is 0 Å². The number of para-hydroxylation sites is 1. The lowest BCUT2D eigenvalue weighted by Crippen LogP contribution is -2.22. The number of nitriles is 1. The SMILES string of the molecule is CC(C)c1ccccc1NCC(=O)Nc1cccc(C#N)c1. The quantitative estimate of drug-likeness (QED) is 0.882. The normalized spacial score (nSPS) is 10.1. The Morgan fingerprint density at radius 3 is 2.68 bits per heavy atom. The van der Waals surface area contributed by atoms with Gasteiger partial charge in [0.05, 0.1) is 18.2 Å². The zero-order chi connectivity index (χ0) is 15.9. The van der Waals surface area contributed by atoms with Gasteiger partial charge < -0.3 is 10.6 Å². The molecule has 2 rings (SSSR count). The van der Waals surface area contributed by atoms with Crippen molar-refractivity contribution in [3.8, 4) is 6.07 Å². The molecule has 0 heterocycles. The fraction of sp³-hybridized carbons (Fsp3) is 0.222. The second-order valence-corrected chi connectivity index (χ2v) is 5.34. The van der Waals surface area contributed by atoms with Crippen LogP contribution in [0.4, 0.5) is 11.4 Å². The van der Waals surface area contributed by atoms with Gasteiger partial charge in [-0.15, -0.1) is 0 Å². The summed E-state index contributed by atoms with van der Waals surface area (Å²) in [6.07, 6.45) is 0. The molecular weight excluding hydrogens is 274 g/mol. The lowest BCUT2D eigenvalue weighted by atomic mass is 10.0. The second-order valence-electron chi connectivity index (χ2n) is 5.34. The Morgan fingerprint density at radius 1 is 1.18 bits per heavy atom. The zero-order valence-corrected chi connectivity index (χ0v) is 12.8. The molecule has 0 aliphatic heterocycles. The largest absolute Gasteiger partial charge is 0.376 e. The van der Waals surface area contributed by atoms with Gasteiger partial charge in [-0.2, -0.15) is 5.26 Å². The van der Waals surface area contributed by atoms with Crippen molar-refractivity contribution in [1.29, 1.82) is 5.26 Å². The van der Waals surface area contributed by atoms with Gasteiger partial charge in [-0.25, -0.2) is 0 Å². The van der Waals surface area contributed by atoms with E-state index in [1.54, 1.807) is 24.3 Å². The van der Waals surface area contributed by atoms with E-state index in [-0.39, 0.29) is 12.5 Å². The number of carbonyl (C=O) groups is 1. The van der Waals surface area contributed by atoms with Crippen LogP contribution >= 0.6 is 0 Å². The Morgan fingerprint density at radius 2 is 1.95 bits per heavy atom. The average molecular weight is 293 g/mol. The monoisotopic (exact) mass is 293 g/mol. The molecule has 0 bridgehead atoms. The first-order chi connectivity index (χ1) is 10.6. The van der Waals surface area contributed by atoms with Crippen molar-refractivity contribution >= 4 is 17.3 Å². The highest BCUT2D eigenvalue weighted by Gasteiger charge is 2.07. The minimum atomic E-state index is -0.145. The highest BCUT2D eigenvalue weighted by molar-refractivity contribution is 5.94. The van der Waals surface area contributed by atoms with Crippen LogP contribution in [0.5, 0.6) is 0 Å². The molecule has 2 aromatic rings. The smallest absolute Gasteiger partial charge is 0.243 e.